The molecule has 0 bridgehead atoms. The second-order valence-corrected chi connectivity index (χ2v) is 7.53. The summed E-state index contributed by atoms with van der Waals surface area (Å²) in [6.07, 6.45) is 5.37. The molecule has 0 aliphatic heterocycles. The molecular formula is C18H16ClN5OS. The number of anilines is 1. The minimum absolute atomic E-state index is 0.305. The number of aliphatic hydroxyl groups is 1. The molecule has 4 rings (SSSR count). The van der Waals surface area contributed by atoms with Crippen LogP contribution in [0.5, 0.6) is 0 Å². The molecule has 0 aliphatic rings. The average molecular weight is 386 g/mol. The number of rotatable bonds is 5. The quantitative estimate of drug-likeness (QED) is 0.546. The van der Waals surface area contributed by atoms with E-state index < -0.39 is 5.60 Å². The number of nitrogens with zero attached hydrogens (tertiary/aromatic N) is 4. The van der Waals surface area contributed by atoms with E-state index in [4.69, 9.17) is 11.6 Å². The summed E-state index contributed by atoms with van der Waals surface area (Å²) in [5.74, 6) is 0. The maximum Gasteiger partial charge on any atom is 0.214 e. The Hall–Kier alpha value is -2.48. The molecule has 1 aromatic carbocycles. The summed E-state index contributed by atoms with van der Waals surface area (Å²) in [6, 6.07) is 11.1. The molecule has 4 aromatic rings. The molecule has 6 nitrogen and oxygen atoms in total. The van der Waals surface area contributed by atoms with Crippen LogP contribution in [0.2, 0.25) is 5.02 Å². The molecule has 2 N–H and O–H groups in total. The van der Waals surface area contributed by atoms with E-state index >= 15 is 0 Å². The molecule has 132 valence electrons. The van der Waals surface area contributed by atoms with Crippen molar-refractivity contribution in [2.75, 3.05) is 11.9 Å². The lowest BCUT2D eigenvalue weighted by Gasteiger charge is -2.24. The van der Waals surface area contributed by atoms with Crippen molar-refractivity contribution in [3.8, 4) is 11.3 Å². The Morgan fingerprint density at radius 2 is 2.19 bits per heavy atom. The van der Waals surface area contributed by atoms with Crippen LogP contribution in [0.1, 0.15) is 12.5 Å². The monoisotopic (exact) mass is 385 g/mol. The van der Waals surface area contributed by atoms with Crippen molar-refractivity contribution in [2.45, 2.75) is 12.5 Å². The van der Waals surface area contributed by atoms with E-state index in [0.717, 1.165) is 21.8 Å². The first-order valence-electron chi connectivity index (χ1n) is 8.00. The van der Waals surface area contributed by atoms with Gasteiger partial charge in [0.2, 0.25) is 10.1 Å². The first kappa shape index (κ1) is 17.0. The van der Waals surface area contributed by atoms with Crippen molar-refractivity contribution in [1.29, 1.82) is 0 Å². The fraction of sp³-hybridized carbons (Fsp3) is 0.167. The van der Waals surface area contributed by atoms with Crippen molar-refractivity contribution >= 4 is 33.0 Å². The molecule has 8 heteroatoms. The van der Waals surface area contributed by atoms with Gasteiger partial charge in [0, 0.05) is 29.5 Å². The van der Waals surface area contributed by atoms with Crippen LogP contribution in [-0.4, -0.2) is 31.2 Å². The first-order chi connectivity index (χ1) is 12.5. The smallest absolute Gasteiger partial charge is 0.214 e. The number of fused-ring (bicyclic) bond motifs is 1. The Labute approximate surface area is 159 Å². The van der Waals surface area contributed by atoms with Crippen LogP contribution in [-0.2, 0) is 5.60 Å². The molecule has 0 fully saturated rings. The van der Waals surface area contributed by atoms with Gasteiger partial charge in [-0.05, 0) is 36.8 Å². The van der Waals surface area contributed by atoms with Gasteiger partial charge in [0.1, 0.15) is 5.60 Å². The van der Waals surface area contributed by atoms with Gasteiger partial charge in [-0.15, -0.1) is 5.10 Å². The fourth-order valence-corrected chi connectivity index (χ4v) is 3.57. The number of aromatic nitrogens is 4. The van der Waals surface area contributed by atoms with Gasteiger partial charge in [0.25, 0.3) is 0 Å². The summed E-state index contributed by atoms with van der Waals surface area (Å²) in [5, 5.41) is 19.7. The number of benzene rings is 1. The number of hydrogen-bond acceptors (Lipinski definition) is 6. The second kappa shape index (κ2) is 6.68. The lowest BCUT2D eigenvalue weighted by atomic mass is 9.96. The number of nitrogens with one attached hydrogen (secondary N) is 1. The summed E-state index contributed by atoms with van der Waals surface area (Å²) >= 11 is 7.44. The number of halogens is 1. The summed E-state index contributed by atoms with van der Waals surface area (Å²) in [4.78, 5) is 9.46. The van der Waals surface area contributed by atoms with E-state index in [1.807, 2.05) is 30.5 Å². The summed E-state index contributed by atoms with van der Waals surface area (Å²) < 4.78 is 1.73. The highest BCUT2D eigenvalue weighted by Crippen LogP contribution is 2.27. The molecule has 0 amide bonds. The molecule has 0 saturated carbocycles. The van der Waals surface area contributed by atoms with Crippen molar-refractivity contribution in [2.24, 2.45) is 0 Å². The Kier molecular flexibility index (Phi) is 4.36. The maximum atomic E-state index is 10.7. The minimum Gasteiger partial charge on any atom is -0.384 e. The molecule has 0 spiro atoms. The fourth-order valence-electron chi connectivity index (χ4n) is 2.60. The van der Waals surface area contributed by atoms with E-state index in [0.29, 0.717) is 16.7 Å². The van der Waals surface area contributed by atoms with Crippen molar-refractivity contribution in [3.63, 3.8) is 0 Å². The van der Waals surface area contributed by atoms with Gasteiger partial charge in [-0.2, -0.15) is 0 Å². The van der Waals surface area contributed by atoms with Crippen LogP contribution in [0.3, 0.4) is 0 Å². The SMILES string of the molecule is CC(O)(CNc1nn2cc(-c3cccnc3)nc2s1)c1cccc(Cl)c1. The Balaban J connectivity index is 1.50. The average Bonchev–Trinajstić information content (AvgIpc) is 3.19. The third-order valence-electron chi connectivity index (χ3n) is 4.03. The Bertz CT molecular complexity index is 1010. The molecule has 26 heavy (non-hydrogen) atoms. The molecule has 3 aromatic heterocycles. The Morgan fingerprint density at radius 3 is 2.92 bits per heavy atom. The van der Waals surface area contributed by atoms with Crippen LogP contribution >= 0.6 is 22.9 Å². The normalized spacial score (nSPS) is 13.7. The van der Waals surface area contributed by atoms with Crippen LogP contribution in [0.15, 0.2) is 55.0 Å². The van der Waals surface area contributed by atoms with Crippen LogP contribution in [0.25, 0.3) is 16.2 Å². The number of hydrogen-bond donors (Lipinski definition) is 2. The van der Waals surface area contributed by atoms with Gasteiger partial charge in [-0.25, -0.2) is 9.50 Å². The largest absolute Gasteiger partial charge is 0.384 e. The van der Waals surface area contributed by atoms with E-state index in [-0.39, 0.29) is 0 Å². The zero-order chi connectivity index (χ0) is 18.1. The highest BCUT2D eigenvalue weighted by Gasteiger charge is 2.24. The van der Waals surface area contributed by atoms with Crippen molar-refractivity contribution < 1.29 is 5.11 Å². The summed E-state index contributed by atoms with van der Waals surface area (Å²) in [6.45, 7) is 2.05. The highest BCUT2D eigenvalue weighted by atomic mass is 35.5. The predicted octanol–water partition coefficient (Wildman–Crippen LogP) is 3.83. The Morgan fingerprint density at radius 1 is 1.31 bits per heavy atom. The third kappa shape index (κ3) is 3.41. The zero-order valence-electron chi connectivity index (χ0n) is 13.9. The highest BCUT2D eigenvalue weighted by molar-refractivity contribution is 7.20. The second-order valence-electron chi connectivity index (χ2n) is 6.14. The van der Waals surface area contributed by atoms with Crippen LogP contribution in [0, 0.1) is 0 Å². The van der Waals surface area contributed by atoms with Crippen molar-refractivity contribution in [3.05, 3.63) is 65.6 Å². The molecule has 1 atom stereocenters. The van der Waals surface area contributed by atoms with E-state index in [1.54, 1.807) is 36.0 Å². The van der Waals surface area contributed by atoms with E-state index in [2.05, 4.69) is 20.4 Å². The minimum atomic E-state index is -1.07. The van der Waals surface area contributed by atoms with Gasteiger partial charge < -0.3 is 10.4 Å². The van der Waals surface area contributed by atoms with Gasteiger partial charge in [0.05, 0.1) is 11.9 Å². The predicted molar refractivity (Wildman–Crippen MR) is 104 cm³/mol. The molecule has 3 heterocycles. The van der Waals surface area contributed by atoms with Gasteiger partial charge in [-0.1, -0.05) is 35.1 Å². The molecule has 0 saturated heterocycles. The molecule has 0 radical (unpaired) electrons. The van der Waals surface area contributed by atoms with E-state index in [1.165, 1.54) is 11.3 Å². The third-order valence-corrected chi connectivity index (χ3v) is 5.15. The number of pyridine rings is 1. The molecular weight excluding hydrogens is 370 g/mol. The van der Waals surface area contributed by atoms with Gasteiger partial charge in [-0.3, -0.25) is 4.98 Å². The van der Waals surface area contributed by atoms with E-state index in [9.17, 15) is 5.11 Å². The molecule has 1 unspecified atom stereocenters. The summed E-state index contributed by atoms with van der Waals surface area (Å²) in [5.41, 5.74) is 1.45. The maximum absolute atomic E-state index is 10.7. The zero-order valence-corrected chi connectivity index (χ0v) is 15.5. The lowest BCUT2D eigenvalue weighted by Crippen LogP contribution is -2.30. The van der Waals surface area contributed by atoms with Gasteiger partial charge >= 0.3 is 0 Å². The van der Waals surface area contributed by atoms with Crippen molar-refractivity contribution in [1.82, 2.24) is 19.6 Å². The topological polar surface area (TPSA) is 75.3 Å². The lowest BCUT2D eigenvalue weighted by molar-refractivity contribution is 0.0715. The number of imidazole rings is 1. The standard InChI is InChI=1S/C18H16ClN5OS/c1-18(25,13-5-2-6-14(19)8-13)11-21-16-23-24-10-15(22-17(24)26-16)12-4-3-7-20-9-12/h2-10,25H,11H2,1H3,(H,21,23). The summed E-state index contributed by atoms with van der Waals surface area (Å²) in [7, 11) is 0. The van der Waals surface area contributed by atoms with Gasteiger partial charge in [0.15, 0.2) is 0 Å². The molecule has 0 aliphatic carbocycles. The van der Waals surface area contributed by atoms with Crippen LogP contribution < -0.4 is 5.32 Å². The van der Waals surface area contributed by atoms with Crippen LogP contribution in [0.4, 0.5) is 5.13 Å². The first-order valence-corrected chi connectivity index (χ1v) is 9.20.